The van der Waals surface area contributed by atoms with Gasteiger partial charge >= 0.3 is 0 Å². The summed E-state index contributed by atoms with van der Waals surface area (Å²) in [7, 11) is 0. The maximum absolute atomic E-state index is 11.6. The summed E-state index contributed by atoms with van der Waals surface area (Å²) in [6.07, 6.45) is 4.95. The van der Waals surface area contributed by atoms with Gasteiger partial charge in [-0.25, -0.2) is 0 Å². The van der Waals surface area contributed by atoms with E-state index in [4.69, 9.17) is 4.74 Å². The summed E-state index contributed by atoms with van der Waals surface area (Å²) in [5.74, 6) is 0.746. The van der Waals surface area contributed by atoms with Crippen LogP contribution in [0.25, 0.3) is 0 Å². The van der Waals surface area contributed by atoms with Crippen LogP contribution in [0.15, 0.2) is 0 Å². The lowest BCUT2D eigenvalue weighted by Gasteiger charge is -2.22. The van der Waals surface area contributed by atoms with Crippen molar-refractivity contribution in [3.8, 4) is 0 Å². The number of ether oxygens (including phenoxy) is 1. The normalized spacial score (nSPS) is 19.9. The quantitative estimate of drug-likeness (QED) is 0.759. The second-order valence-electron chi connectivity index (χ2n) is 4.52. The van der Waals surface area contributed by atoms with E-state index in [1.54, 1.807) is 0 Å². The molecule has 0 saturated carbocycles. The van der Waals surface area contributed by atoms with E-state index in [0.29, 0.717) is 18.4 Å². The molecule has 0 aromatic heterocycles. The third kappa shape index (κ3) is 5.17. The molecule has 0 spiro atoms. The van der Waals surface area contributed by atoms with Gasteiger partial charge in [0, 0.05) is 25.7 Å². The molecule has 1 amide bonds. The molecule has 3 heteroatoms. The van der Waals surface area contributed by atoms with Crippen molar-refractivity contribution in [2.45, 2.75) is 52.0 Å². The smallest absolute Gasteiger partial charge is 0.220 e. The van der Waals surface area contributed by atoms with Crippen molar-refractivity contribution in [3.63, 3.8) is 0 Å². The molecule has 0 bridgehead atoms. The minimum absolute atomic E-state index is 0.211. The van der Waals surface area contributed by atoms with E-state index in [-0.39, 0.29) is 5.91 Å². The summed E-state index contributed by atoms with van der Waals surface area (Å²) < 4.78 is 5.27. The topological polar surface area (TPSA) is 38.3 Å². The average Bonchev–Trinajstić information content (AvgIpc) is 2.19. The Labute approximate surface area is 92.6 Å². The predicted octanol–water partition coefficient (Wildman–Crippen LogP) is 2.11. The lowest BCUT2D eigenvalue weighted by atomic mass is 9.96. The molecule has 0 aromatic rings. The van der Waals surface area contributed by atoms with E-state index < -0.39 is 0 Å². The van der Waals surface area contributed by atoms with E-state index >= 15 is 0 Å². The van der Waals surface area contributed by atoms with Gasteiger partial charge in [-0.05, 0) is 32.1 Å². The number of amides is 1. The molecule has 1 atom stereocenters. The van der Waals surface area contributed by atoms with Crippen LogP contribution in [-0.2, 0) is 9.53 Å². The fraction of sp³-hybridized carbons (Fsp3) is 0.917. The lowest BCUT2D eigenvalue weighted by Crippen LogP contribution is -2.34. The van der Waals surface area contributed by atoms with Gasteiger partial charge in [0.25, 0.3) is 0 Å². The Morgan fingerprint density at radius 1 is 1.47 bits per heavy atom. The molecule has 3 nitrogen and oxygen atoms in total. The first-order valence-electron chi connectivity index (χ1n) is 6.09. The van der Waals surface area contributed by atoms with Crippen molar-refractivity contribution in [2.24, 2.45) is 5.92 Å². The van der Waals surface area contributed by atoms with Crippen molar-refractivity contribution in [3.05, 3.63) is 0 Å². The van der Waals surface area contributed by atoms with Gasteiger partial charge in [0.1, 0.15) is 0 Å². The number of carbonyl (C=O) groups is 1. The van der Waals surface area contributed by atoms with Gasteiger partial charge in [-0.2, -0.15) is 0 Å². The molecule has 1 saturated heterocycles. The van der Waals surface area contributed by atoms with Crippen LogP contribution in [0.5, 0.6) is 0 Å². The Morgan fingerprint density at radius 3 is 2.73 bits per heavy atom. The van der Waals surface area contributed by atoms with Crippen LogP contribution in [0.1, 0.15) is 46.0 Å². The average molecular weight is 213 g/mol. The highest BCUT2D eigenvalue weighted by Crippen LogP contribution is 2.18. The highest BCUT2D eigenvalue weighted by atomic mass is 16.5. The monoisotopic (exact) mass is 213 g/mol. The van der Waals surface area contributed by atoms with Gasteiger partial charge < -0.3 is 10.1 Å². The first-order valence-corrected chi connectivity index (χ1v) is 6.09. The largest absolute Gasteiger partial charge is 0.381 e. The summed E-state index contributed by atoms with van der Waals surface area (Å²) >= 11 is 0. The minimum atomic E-state index is 0.211. The molecule has 1 fully saturated rings. The van der Waals surface area contributed by atoms with Gasteiger partial charge in [0.05, 0.1) is 0 Å². The van der Waals surface area contributed by atoms with Crippen molar-refractivity contribution in [2.75, 3.05) is 13.2 Å². The maximum atomic E-state index is 11.6. The summed E-state index contributed by atoms with van der Waals surface area (Å²) in [5.41, 5.74) is 0. The number of hydrogen-bond donors (Lipinski definition) is 1. The molecular formula is C12H23NO2. The highest BCUT2D eigenvalue weighted by molar-refractivity contribution is 5.76. The van der Waals surface area contributed by atoms with Crippen LogP contribution >= 0.6 is 0 Å². The Balaban J connectivity index is 2.16. The summed E-state index contributed by atoms with van der Waals surface area (Å²) in [6.45, 7) is 5.86. The maximum Gasteiger partial charge on any atom is 0.220 e. The van der Waals surface area contributed by atoms with Crippen LogP contribution in [0.4, 0.5) is 0 Å². The van der Waals surface area contributed by atoms with Gasteiger partial charge in [-0.15, -0.1) is 0 Å². The molecule has 0 aliphatic carbocycles. The van der Waals surface area contributed by atoms with E-state index in [2.05, 4.69) is 19.2 Å². The first-order chi connectivity index (χ1) is 7.22. The van der Waals surface area contributed by atoms with E-state index in [1.165, 1.54) is 0 Å². The summed E-state index contributed by atoms with van der Waals surface area (Å²) in [6, 6.07) is 0.322. The summed E-state index contributed by atoms with van der Waals surface area (Å²) in [5, 5.41) is 3.05. The SMILES string of the molecule is CCCC(C)NC(=O)CC1CCOCC1. The molecule has 0 radical (unpaired) electrons. The molecule has 1 unspecified atom stereocenters. The van der Waals surface area contributed by atoms with E-state index in [0.717, 1.165) is 38.9 Å². The molecule has 1 heterocycles. The third-order valence-electron chi connectivity index (χ3n) is 2.94. The number of hydrogen-bond acceptors (Lipinski definition) is 2. The van der Waals surface area contributed by atoms with Crippen molar-refractivity contribution < 1.29 is 9.53 Å². The van der Waals surface area contributed by atoms with E-state index in [9.17, 15) is 4.79 Å². The second-order valence-corrected chi connectivity index (χ2v) is 4.52. The van der Waals surface area contributed by atoms with E-state index in [1.807, 2.05) is 0 Å². The van der Waals surface area contributed by atoms with Crippen LogP contribution in [0.2, 0.25) is 0 Å². The molecule has 88 valence electrons. The first kappa shape index (κ1) is 12.5. The molecular weight excluding hydrogens is 190 g/mol. The zero-order chi connectivity index (χ0) is 11.1. The second kappa shape index (κ2) is 6.83. The number of carbonyl (C=O) groups excluding carboxylic acids is 1. The Hall–Kier alpha value is -0.570. The number of nitrogens with one attached hydrogen (secondary N) is 1. The fourth-order valence-electron chi connectivity index (χ4n) is 2.05. The van der Waals surface area contributed by atoms with Gasteiger partial charge in [0.15, 0.2) is 0 Å². The molecule has 1 rings (SSSR count). The Morgan fingerprint density at radius 2 is 2.13 bits per heavy atom. The zero-order valence-corrected chi connectivity index (χ0v) is 9.92. The van der Waals surface area contributed by atoms with Gasteiger partial charge in [-0.1, -0.05) is 13.3 Å². The standard InChI is InChI=1S/C12H23NO2/c1-3-4-10(2)13-12(14)9-11-5-7-15-8-6-11/h10-11H,3-9H2,1-2H3,(H,13,14). The van der Waals surface area contributed by atoms with Gasteiger partial charge in [-0.3, -0.25) is 4.79 Å². The zero-order valence-electron chi connectivity index (χ0n) is 9.92. The van der Waals surface area contributed by atoms with Crippen LogP contribution < -0.4 is 5.32 Å². The molecule has 15 heavy (non-hydrogen) atoms. The molecule has 0 aromatic carbocycles. The Bertz CT molecular complexity index is 188. The predicted molar refractivity (Wildman–Crippen MR) is 60.7 cm³/mol. The molecule has 1 N–H and O–H groups in total. The minimum Gasteiger partial charge on any atom is -0.381 e. The number of rotatable bonds is 5. The molecule has 1 aliphatic heterocycles. The van der Waals surface area contributed by atoms with Crippen molar-refractivity contribution in [1.82, 2.24) is 5.32 Å². The van der Waals surface area contributed by atoms with Crippen LogP contribution in [0.3, 0.4) is 0 Å². The Kier molecular flexibility index (Phi) is 5.69. The third-order valence-corrected chi connectivity index (χ3v) is 2.94. The summed E-state index contributed by atoms with van der Waals surface area (Å²) in [4.78, 5) is 11.6. The van der Waals surface area contributed by atoms with Crippen molar-refractivity contribution in [1.29, 1.82) is 0 Å². The van der Waals surface area contributed by atoms with Crippen LogP contribution in [0, 0.1) is 5.92 Å². The van der Waals surface area contributed by atoms with Crippen LogP contribution in [-0.4, -0.2) is 25.2 Å². The highest BCUT2D eigenvalue weighted by Gasteiger charge is 2.17. The van der Waals surface area contributed by atoms with Gasteiger partial charge in [0.2, 0.25) is 5.91 Å². The lowest BCUT2D eigenvalue weighted by molar-refractivity contribution is -0.123. The fourth-order valence-corrected chi connectivity index (χ4v) is 2.05. The molecule has 1 aliphatic rings. The van der Waals surface area contributed by atoms with Crippen molar-refractivity contribution >= 4 is 5.91 Å².